The molecule has 2 unspecified atom stereocenters. The molecule has 0 aliphatic heterocycles. The summed E-state index contributed by atoms with van der Waals surface area (Å²) in [5.41, 5.74) is 5.41. The summed E-state index contributed by atoms with van der Waals surface area (Å²) in [7, 11) is 0. The number of hydrogen-bond acceptors (Lipinski definition) is 6. The second-order valence-electron chi connectivity index (χ2n) is 13.5. The largest absolute Gasteiger partial charge is 0.462 e. The molecule has 48 heavy (non-hydrogen) atoms. The molecule has 0 saturated heterocycles. The third-order valence-electron chi connectivity index (χ3n) is 10.0. The SMILES string of the molecule is C=C(CO)C(=O)OCC(COC(O)C(=C)CO)C1CCC(CCc2ccc3cc(-c4ccc5cc(CCC)ccc5c4)ccc3c2)CC1. The van der Waals surface area contributed by atoms with E-state index in [4.69, 9.17) is 9.47 Å². The number of aliphatic hydroxyl groups is 3. The Morgan fingerprint density at radius 3 is 1.90 bits per heavy atom. The molecule has 5 rings (SSSR count). The minimum Gasteiger partial charge on any atom is -0.462 e. The zero-order chi connectivity index (χ0) is 34.0. The van der Waals surface area contributed by atoms with Gasteiger partial charge >= 0.3 is 5.97 Å². The zero-order valence-corrected chi connectivity index (χ0v) is 28.2. The number of benzene rings is 4. The Hall–Kier alpha value is -3.81. The Bertz CT molecular complexity index is 1720. The predicted molar refractivity (Wildman–Crippen MR) is 194 cm³/mol. The van der Waals surface area contributed by atoms with Crippen molar-refractivity contribution >= 4 is 27.5 Å². The summed E-state index contributed by atoms with van der Waals surface area (Å²) in [5, 5.41) is 33.7. The lowest BCUT2D eigenvalue weighted by Crippen LogP contribution is -2.32. The van der Waals surface area contributed by atoms with E-state index in [1.165, 1.54) is 43.8 Å². The molecule has 0 spiro atoms. The Kier molecular flexibility index (Phi) is 12.6. The van der Waals surface area contributed by atoms with Gasteiger partial charge < -0.3 is 24.8 Å². The number of carbonyl (C=O) groups is 1. The average Bonchev–Trinajstić information content (AvgIpc) is 3.12. The summed E-state index contributed by atoms with van der Waals surface area (Å²) < 4.78 is 11.0. The van der Waals surface area contributed by atoms with Crippen LogP contribution in [0.3, 0.4) is 0 Å². The molecule has 0 amide bonds. The van der Waals surface area contributed by atoms with Gasteiger partial charge in [-0.1, -0.05) is 100 Å². The van der Waals surface area contributed by atoms with Crippen molar-refractivity contribution in [3.05, 3.63) is 108 Å². The van der Waals surface area contributed by atoms with E-state index in [-0.39, 0.29) is 42.8 Å². The van der Waals surface area contributed by atoms with Crippen molar-refractivity contribution in [2.45, 2.75) is 64.6 Å². The van der Waals surface area contributed by atoms with Gasteiger partial charge in [0.05, 0.1) is 32.0 Å². The maximum atomic E-state index is 12.1. The van der Waals surface area contributed by atoms with Crippen LogP contribution in [0.1, 0.15) is 56.6 Å². The first-order valence-electron chi connectivity index (χ1n) is 17.4. The highest BCUT2D eigenvalue weighted by Gasteiger charge is 2.30. The molecule has 0 radical (unpaired) electrons. The highest BCUT2D eigenvalue weighted by atomic mass is 16.6. The monoisotopic (exact) mass is 650 g/mol. The van der Waals surface area contributed by atoms with Crippen molar-refractivity contribution in [3.63, 3.8) is 0 Å². The first-order chi connectivity index (χ1) is 23.3. The van der Waals surface area contributed by atoms with Gasteiger partial charge in [-0.25, -0.2) is 4.79 Å². The Morgan fingerprint density at radius 2 is 1.33 bits per heavy atom. The van der Waals surface area contributed by atoms with Crippen molar-refractivity contribution in [2.24, 2.45) is 17.8 Å². The number of aliphatic hydroxyl groups excluding tert-OH is 3. The van der Waals surface area contributed by atoms with Crippen LogP contribution in [0.5, 0.6) is 0 Å². The van der Waals surface area contributed by atoms with Crippen LogP contribution in [0.25, 0.3) is 32.7 Å². The Balaban J connectivity index is 1.16. The molecule has 1 fully saturated rings. The summed E-state index contributed by atoms with van der Waals surface area (Å²) in [6.07, 6.45) is 7.25. The molecule has 6 heteroatoms. The summed E-state index contributed by atoms with van der Waals surface area (Å²) in [6.45, 7) is 8.85. The molecule has 1 saturated carbocycles. The van der Waals surface area contributed by atoms with Gasteiger partial charge in [0.25, 0.3) is 0 Å². The third kappa shape index (κ3) is 9.20. The number of rotatable bonds is 16. The fourth-order valence-electron chi connectivity index (χ4n) is 6.95. The highest BCUT2D eigenvalue weighted by molar-refractivity contribution is 5.92. The maximum absolute atomic E-state index is 12.1. The number of fused-ring (bicyclic) bond motifs is 2. The second-order valence-corrected chi connectivity index (χ2v) is 13.5. The molecular formula is C42H50O6. The molecular weight excluding hydrogens is 600 g/mol. The minimum atomic E-state index is -1.27. The third-order valence-corrected chi connectivity index (χ3v) is 10.0. The zero-order valence-electron chi connectivity index (χ0n) is 28.2. The van der Waals surface area contributed by atoms with Gasteiger partial charge in [-0.05, 0) is 99.9 Å². The predicted octanol–water partition coefficient (Wildman–Crippen LogP) is 7.94. The van der Waals surface area contributed by atoms with Gasteiger partial charge in [0, 0.05) is 11.5 Å². The van der Waals surface area contributed by atoms with Crippen LogP contribution in [0.15, 0.2) is 97.1 Å². The van der Waals surface area contributed by atoms with Gasteiger partial charge in [0.1, 0.15) is 0 Å². The van der Waals surface area contributed by atoms with E-state index < -0.39 is 18.9 Å². The molecule has 4 aromatic carbocycles. The molecule has 1 aliphatic carbocycles. The summed E-state index contributed by atoms with van der Waals surface area (Å²) >= 11 is 0. The van der Waals surface area contributed by atoms with E-state index in [1.54, 1.807) is 0 Å². The first kappa shape index (κ1) is 35.5. The molecule has 0 heterocycles. The van der Waals surface area contributed by atoms with Crippen molar-refractivity contribution in [1.82, 2.24) is 0 Å². The Labute approximate surface area is 284 Å². The van der Waals surface area contributed by atoms with E-state index in [2.05, 4.69) is 92.9 Å². The molecule has 1 aliphatic rings. The maximum Gasteiger partial charge on any atom is 0.335 e. The summed E-state index contributed by atoms with van der Waals surface area (Å²) in [6, 6.07) is 27.2. The summed E-state index contributed by atoms with van der Waals surface area (Å²) in [5.74, 6) is 0.129. The number of carbonyl (C=O) groups excluding carboxylic acids is 1. The number of hydrogen-bond donors (Lipinski definition) is 3. The summed E-state index contributed by atoms with van der Waals surface area (Å²) in [4.78, 5) is 12.1. The van der Waals surface area contributed by atoms with Crippen molar-refractivity contribution < 1.29 is 29.6 Å². The molecule has 254 valence electrons. The van der Waals surface area contributed by atoms with Gasteiger partial charge in [0.2, 0.25) is 0 Å². The fourth-order valence-corrected chi connectivity index (χ4v) is 6.95. The van der Waals surface area contributed by atoms with E-state index in [0.29, 0.717) is 5.92 Å². The number of aryl methyl sites for hydroxylation is 2. The molecule has 0 aromatic heterocycles. The van der Waals surface area contributed by atoms with Crippen LogP contribution < -0.4 is 0 Å². The van der Waals surface area contributed by atoms with Gasteiger partial charge in [0.15, 0.2) is 6.29 Å². The van der Waals surface area contributed by atoms with Crippen LogP contribution in [0.2, 0.25) is 0 Å². The van der Waals surface area contributed by atoms with Crippen LogP contribution in [0.4, 0.5) is 0 Å². The topological polar surface area (TPSA) is 96.2 Å². The smallest absolute Gasteiger partial charge is 0.335 e. The normalized spacial score (nSPS) is 17.7. The molecule has 4 aromatic rings. The van der Waals surface area contributed by atoms with E-state index in [9.17, 15) is 20.1 Å². The van der Waals surface area contributed by atoms with Gasteiger partial charge in [-0.2, -0.15) is 0 Å². The standard InChI is InChI=1S/C42H50O6/c1-4-5-31-10-14-36-22-38(18-16-34(36)20-31)39-19-17-35-21-32(11-15-37(35)23-39)7-6-30-8-12-33(13-9-30)40(26-47-41(45)28(2)24-43)27-48-42(46)29(3)25-44/h10-11,14-23,30,33,40-41,43-45H,2-9,12-13,24-27H2,1H3. The lowest BCUT2D eigenvalue weighted by molar-refractivity contribution is -0.145. The second kappa shape index (κ2) is 17.0. The van der Waals surface area contributed by atoms with E-state index in [1.807, 2.05) is 0 Å². The van der Waals surface area contributed by atoms with Crippen molar-refractivity contribution in [3.8, 4) is 11.1 Å². The van der Waals surface area contributed by atoms with Crippen molar-refractivity contribution in [1.29, 1.82) is 0 Å². The molecule has 2 atom stereocenters. The van der Waals surface area contributed by atoms with Crippen LogP contribution in [-0.2, 0) is 27.1 Å². The number of ether oxygens (including phenoxy) is 2. The Morgan fingerprint density at radius 1 is 0.771 bits per heavy atom. The molecule has 3 N–H and O–H groups in total. The van der Waals surface area contributed by atoms with Crippen LogP contribution >= 0.6 is 0 Å². The van der Waals surface area contributed by atoms with Gasteiger partial charge in [-0.15, -0.1) is 0 Å². The van der Waals surface area contributed by atoms with E-state index in [0.717, 1.165) is 51.4 Å². The van der Waals surface area contributed by atoms with Crippen LogP contribution in [0, 0.1) is 17.8 Å². The minimum absolute atomic E-state index is 0.00637. The van der Waals surface area contributed by atoms with Crippen molar-refractivity contribution in [2.75, 3.05) is 26.4 Å². The lowest BCUT2D eigenvalue weighted by Gasteiger charge is -2.34. The fraction of sp³-hybridized carbons (Fsp3) is 0.405. The quantitative estimate of drug-likeness (QED) is 0.0493. The van der Waals surface area contributed by atoms with Gasteiger partial charge in [-0.3, -0.25) is 0 Å². The number of esters is 1. The van der Waals surface area contributed by atoms with Crippen LogP contribution in [-0.4, -0.2) is 54.0 Å². The molecule has 6 nitrogen and oxygen atoms in total. The molecule has 0 bridgehead atoms. The van der Waals surface area contributed by atoms with E-state index >= 15 is 0 Å². The average molecular weight is 651 g/mol. The highest BCUT2D eigenvalue weighted by Crippen LogP contribution is 2.37. The lowest BCUT2D eigenvalue weighted by atomic mass is 9.74. The first-order valence-corrected chi connectivity index (χ1v) is 17.4.